The van der Waals surface area contributed by atoms with Crippen molar-refractivity contribution in [1.82, 2.24) is 24.6 Å². The van der Waals surface area contributed by atoms with Gasteiger partial charge in [0, 0.05) is 73.8 Å². The molecule has 0 bridgehead atoms. The van der Waals surface area contributed by atoms with E-state index in [0.29, 0.717) is 40.7 Å². The number of morpholine rings is 1. The topological polar surface area (TPSA) is 132 Å². The van der Waals surface area contributed by atoms with E-state index >= 15 is 0 Å². The fourth-order valence-corrected chi connectivity index (χ4v) is 4.54. The first-order valence-corrected chi connectivity index (χ1v) is 13.0. The highest BCUT2D eigenvalue weighted by atomic mass is 19.1. The van der Waals surface area contributed by atoms with Gasteiger partial charge in [-0.25, -0.2) is 9.37 Å². The van der Waals surface area contributed by atoms with Crippen LogP contribution in [0.5, 0.6) is 6.01 Å². The summed E-state index contributed by atoms with van der Waals surface area (Å²) < 4.78 is 27.4. The molecule has 1 fully saturated rings. The number of nitrogens with one attached hydrogen (secondary N) is 2. The second-order valence-corrected chi connectivity index (χ2v) is 9.74. The molecule has 0 aliphatic carbocycles. The number of ether oxygens (including phenoxy) is 2. The quantitative estimate of drug-likeness (QED) is 0.262. The van der Waals surface area contributed by atoms with Crippen LogP contribution >= 0.6 is 0 Å². The van der Waals surface area contributed by atoms with E-state index in [1.165, 1.54) is 10.7 Å². The maximum Gasteiger partial charge on any atom is 0.316 e. The Morgan fingerprint density at radius 3 is 2.87 bits per heavy atom. The number of carbonyl (C=O) groups excluding carboxylic acids is 1. The molecular weight excluding hydrogens is 503 g/mol. The molecule has 0 saturated carbocycles. The number of halogens is 1. The Morgan fingerprint density at radius 1 is 1.26 bits per heavy atom. The third-order valence-electron chi connectivity index (χ3n) is 6.48. The number of fused-ring (bicyclic) bond motifs is 2. The smallest absolute Gasteiger partial charge is 0.316 e. The van der Waals surface area contributed by atoms with Crippen LogP contribution < -0.4 is 21.1 Å². The number of amides is 1. The molecule has 0 spiro atoms. The first-order valence-electron chi connectivity index (χ1n) is 13.0. The van der Waals surface area contributed by atoms with Crippen molar-refractivity contribution in [3.05, 3.63) is 48.0 Å². The number of anilines is 2. The number of hydrogen-bond acceptors (Lipinski definition) is 9. The van der Waals surface area contributed by atoms with E-state index in [9.17, 15) is 9.18 Å². The lowest BCUT2D eigenvalue weighted by atomic mass is 10.1. The molecule has 4 aromatic rings. The molecule has 0 unspecified atom stereocenters. The van der Waals surface area contributed by atoms with Crippen molar-refractivity contribution in [2.45, 2.75) is 19.4 Å². The molecule has 1 saturated heterocycles. The Labute approximate surface area is 225 Å². The van der Waals surface area contributed by atoms with Gasteiger partial charge in [0.1, 0.15) is 5.52 Å². The van der Waals surface area contributed by atoms with Crippen LogP contribution in [-0.2, 0) is 11.8 Å². The summed E-state index contributed by atoms with van der Waals surface area (Å²) in [6, 6.07) is 6.51. The van der Waals surface area contributed by atoms with Crippen LogP contribution in [0.25, 0.3) is 21.8 Å². The van der Waals surface area contributed by atoms with E-state index in [-0.39, 0.29) is 17.6 Å². The number of nitrogens with two attached hydrogens (primary N) is 1. The highest BCUT2D eigenvalue weighted by Crippen LogP contribution is 2.28. The van der Waals surface area contributed by atoms with E-state index < -0.39 is 11.7 Å². The fraction of sp³-hybridized carbons (Fsp3) is 0.407. The van der Waals surface area contributed by atoms with Crippen molar-refractivity contribution in [3.8, 4) is 6.01 Å². The van der Waals surface area contributed by atoms with Gasteiger partial charge in [0.15, 0.2) is 5.82 Å². The van der Waals surface area contributed by atoms with Gasteiger partial charge < -0.3 is 25.8 Å². The number of aromatic nitrogens is 4. The van der Waals surface area contributed by atoms with Crippen molar-refractivity contribution in [1.29, 1.82) is 0 Å². The third-order valence-corrected chi connectivity index (χ3v) is 6.48. The number of nitrogens with zero attached hydrogens (tertiary/aromatic N) is 5. The van der Waals surface area contributed by atoms with Crippen LogP contribution in [0.2, 0.25) is 0 Å². The molecule has 2 aromatic heterocycles. The van der Waals surface area contributed by atoms with Gasteiger partial charge in [-0.2, -0.15) is 10.1 Å². The summed E-state index contributed by atoms with van der Waals surface area (Å²) in [5.74, 6) is -0.947. The van der Waals surface area contributed by atoms with E-state index in [1.54, 1.807) is 37.6 Å². The third kappa shape index (κ3) is 6.41. The van der Waals surface area contributed by atoms with Crippen LogP contribution in [-0.4, -0.2) is 82.6 Å². The zero-order valence-electron chi connectivity index (χ0n) is 22.1. The zero-order chi connectivity index (χ0) is 27.4. The molecule has 11 nitrogen and oxygen atoms in total. The standard InChI is InChI=1S/C27H33FN8O3/c1-17(29)14-30-23-5-4-20(26(37)32-19-12-18-16-35(2)34-24(18)22(28)13-19)25-21(23)15-31-27(33-25)39-9-3-6-36-7-10-38-11-8-36/h4-5,12-13,15-17,30H,3,6-11,14,29H2,1-2H3,(H,32,37)/t17-/m0/s1. The molecule has 4 N–H and O–H groups in total. The molecule has 1 aliphatic rings. The fourth-order valence-electron chi connectivity index (χ4n) is 4.54. The molecule has 1 aliphatic heterocycles. The van der Waals surface area contributed by atoms with E-state index in [1.807, 2.05) is 6.92 Å². The molecule has 1 amide bonds. The van der Waals surface area contributed by atoms with Crippen molar-refractivity contribution in [2.24, 2.45) is 12.8 Å². The lowest BCUT2D eigenvalue weighted by Crippen LogP contribution is -2.37. The average molecular weight is 537 g/mol. The Bertz CT molecular complexity index is 1470. The lowest BCUT2D eigenvalue weighted by Gasteiger charge is -2.26. The summed E-state index contributed by atoms with van der Waals surface area (Å²) in [7, 11) is 1.72. The van der Waals surface area contributed by atoms with Crippen LogP contribution in [0.1, 0.15) is 23.7 Å². The summed E-state index contributed by atoms with van der Waals surface area (Å²) in [6.07, 6.45) is 4.15. The molecule has 0 radical (unpaired) electrons. The predicted molar refractivity (Wildman–Crippen MR) is 148 cm³/mol. The van der Waals surface area contributed by atoms with E-state index in [0.717, 1.165) is 45.0 Å². The van der Waals surface area contributed by atoms with Gasteiger partial charge in [-0.05, 0) is 37.6 Å². The number of carbonyl (C=O) groups is 1. The summed E-state index contributed by atoms with van der Waals surface area (Å²) in [6.45, 7) is 7.10. The first kappa shape index (κ1) is 26.7. The van der Waals surface area contributed by atoms with Crippen molar-refractivity contribution in [3.63, 3.8) is 0 Å². The molecule has 2 aromatic carbocycles. The first-order chi connectivity index (χ1) is 18.9. The Hall–Kier alpha value is -3.87. The molecule has 3 heterocycles. The van der Waals surface area contributed by atoms with E-state index in [2.05, 4.69) is 30.6 Å². The van der Waals surface area contributed by atoms with Crippen LogP contribution in [0.15, 0.2) is 36.7 Å². The van der Waals surface area contributed by atoms with Gasteiger partial charge in [-0.3, -0.25) is 14.4 Å². The van der Waals surface area contributed by atoms with Gasteiger partial charge in [-0.1, -0.05) is 0 Å². The number of rotatable bonds is 10. The second-order valence-electron chi connectivity index (χ2n) is 9.74. The van der Waals surface area contributed by atoms with Gasteiger partial charge >= 0.3 is 6.01 Å². The minimum absolute atomic E-state index is 0.0738. The van der Waals surface area contributed by atoms with Gasteiger partial charge in [0.05, 0.1) is 30.9 Å². The minimum Gasteiger partial charge on any atom is -0.463 e. The number of aryl methyl sites for hydroxylation is 1. The van der Waals surface area contributed by atoms with E-state index in [4.69, 9.17) is 15.2 Å². The monoisotopic (exact) mass is 536 g/mol. The van der Waals surface area contributed by atoms with Gasteiger partial charge in [0.25, 0.3) is 5.91 Å². The van der Waals surface area contributed by atoms with Gasteiger partial charge in [-0.15, -0.1) is 0 Å². The summed E-state index contributed by atoms with van der Waals surface area (Å²) >= 11 is 0. The maximum absolute atomic E-state index is 14.6. The molecule has 12 heteroatoms. The highest BCUT2D eigenvalue weighted by molar-refractivity contribution is 6.14. The van der Waals surface area contributed by atoms with Crippen LogP contribution in [0, 0.1) is 5.82 Å². The van der Waals surface area contributed by atoms with Crippen LogP contribution in [0.3, 0.4) is 0 Å². The molecule has 5 rings (SSSR count). The Balaban J connectivity index is 1.38. The molecule has 1 atom stereocenters. The van der Waals surface area contributed by atoms with Crippen molar-refractivity contribution < 1.29 is 18.7 Å². The number of benzene rings is 2. The second kappa shape index (κ2) is 11.9. The zero-order valence-corrected chi connectivity index (χ0v) is 22.1. The normalized spacial score (nSPS) is 15.0. The van der Waals surface area contributed by atoms with Crippen molar-refractivity contribution in [2.75, 3.05) is 56.6 Å². The SMILES string of the molecule is C[C@H](N)CNc1ccc(C(=O)Nc2cc(F)c3nn(C)cc3c2)c2nc(OCCCN3CCOCC3)ncc12. The summed E-state index contributed by atoms with van der Waals surface area (Å²) in [4.78, 5) is 24.7. The summed E-state index contributed by atoms with van der Waals surface area (Å²) in [5.41, 5.74) is 7.96. The predicted octanol–water partition coefficient (Wildman–Crippen LogP) is 2.77. The average Bonchev–Trinajstić information content (AvgIpc) is 3.30. The molecular formula is C27H33FN8O3. The Morgan fingerprint density at radius 2 is 2.08 bits per heavy atom. The van der Waals surface area contributed by atoms with Gasteiger partial charge in [0.2, 0.25) is 0 Å². The summed E-state index contributed by atoms with van der Waals surface area (Å²) in [5, 5.41) is 11.4. The molecule has 39 heavy (non-hydrogen) atoms. The minimum atomic E-state index is -0.515. The molecule has 206 valence electrons. The highest BCUT2D eigenvalue weighted by Gasteiger charge is 2.18. The Kier molecular flexibility index (Phi) is 8.15. The number of hydrogen-bond donors (Lipinski definition) is 3. The van der Waals surface area contributed by atoms with Crippen LogP contribution in [0.4, 0.5) is 15.8 Å². The maximum atomic E-state index is 14.6. The lowest BCUT2D eigenvalue weighted by molar-refractivity contribution is 0.0356. The largest absolute Gasteiger partial charge is 0.463 e. The van der Waals surface area contributed by atoms with Crippen molar-refractivity contribution >= 4 is 39.1 Å².